The van der Waals surface area contributed by atoms with Crippen molar-refractivity contribution in [1.82, 2.24) is 5.32 Å². The second-order valence-corrected chi connectivity index (χ2v) is 7.04. The summed E-state index contributed by atoms with van der Waals surface area (Å²) in [5.41, 5.74) is 22.1. The van der Waals surface area contributed by atoms with E-state index in [9.17, 15) is 19.2 Å². The highest BCUT2D eigenvalue weighted by Crippen LogP contribution is 2.26. The summed E-state index contributed by atoms with van der Waals surface area (Å²) in [6.45, 7) is 1.26. The van der Waals surface area contributed by atoms with Gasteiger partial charge >= 0.3 is 5.63 Å². The Balaban J connectivity index is 2.46. The van der Waals surface area contributed by atoms with E-state index in [1.54, 1.807) is 19.1 Å². The van der Waals surface area contributed by atoms with E-state index < -0.39 is 35.9 Å². The van der Waals surface area contributed by atoms with Gasteiger partial charge in [0.25, 0.3) is 0 Å². The first-order chi connectivity index (χ1) is 15.1. The summed E-state index contributed by atoms with van der Waals surface area (Å²) >= 11 is 0. The molecule has 0 aliphatic carbocycles. The molecule has 1 aromatic heterocycles. The maximum absolute atomic E-state index is 13.0. The maximum Gasteiger partial charge on any atom is 0.336 e. The fraction of sp³-hybridized carbons (Fsp3) is 0.350. The number of nitrogens with zero attached hydrogens (tertiary/aromatic N) is 2. The number of hydrogen-bond donors (Lipinski definition) is 5. The van der Waals surface area contributed by atoms with E-state index in [0.717, 1.165) is 4.90 Å². The van der Waals surface area contributed by atoms with Crippen molar-refractivity contribution >= 4 is 40.3 Å². The number of nitrogens with one attached hydrogen (secondary N) is 1. The smallest absolute Gasteiger partial charge is 0.336 e. The van der Waals surface area contributed by atoms with Crippen molar-refractivity contribution in [3.63, 3.8) is 0 Å². The Bertz CT molecular complexity index is 1090. The number of aliphatic imine (C=N–C) groups is 1. The number of rotatable bonds is 10. The van der Waals surface area contributed by atoms with Gasteiger partial charge in [0.05, 0.1) is 13.1 Å². The molecular formula is C20H27N7O5. The lowest BCUT2D eigenvalue weighted by molar-refractivity contribution is -0.126. The van der Waals surface area contributed by atoms with Gasteiger partial charge in [0, 0.05) is 29.8 Å². The average molecular weight is 445 g/mol. The summed E-state index contributed by atoms with van der Waals surface area (Å²) in [5.74, 6) is -2.01. The topological polar surface area (TPSA) is 213 Å². The number of carbonyl (C=O) groups excluding carboxylic acids is 3. The number of anilines is 1. The second kappa shape index (κ2) is 10.9. The highest BCUT2D eigenvalue weighted by atomic mass is 16.4. The molecule has 2 rings (SSSR count). The molecule has 32 heavy (non-hydrogen) atoms. The predicted octanol–water partition coefficient (Wildman–Crippen LogP) is -1.58. The van der Waals surface area contributed by atoms with Gasteiger partial charge in [-0.1, -0.05) is 0 Å². The third-order valence-electron chi connectivity index (χ3n) is 4.67. The molecule has 1 heterocycles. The van der Waals surface area contributed by atoms with Crippen LogP contribution in [0.2, 0.25) is 0 Å². The standard InChI is InChI=1S/C20H27N7O5/c1-11-7-18(30)32-15-8-12(4-5-13(11)15)27(17(29)10-26-16(28)9-21)14(19(22)31)3-2-6-25-20(23)24/h4-5,7-8,14H,2-3,6,9-10,21H2,1H3,(H2,22,31)(H,26,28)(H4,23,24,25)/t14-/m0/s1. The number of guanidine groups is 1. The summed E-state index contributed by atoms with van der Waals surface area (Å²) in [6.07, 6.45) is 0.505. The molecule has 172 valence electrons. The monoisotopic (exact) mass is 445 g/mol. The van der Waals surface area contributed by atoms with E-state index in [2.05, 4.69) is 10.3 Å². The molecule has 0 aliphatic rings. The summed E-state index contributed by atoms with van der Waals surface area (Å²) in [7, 11) is 0. The van der Waals surface area contributed by atoms with Gasteiger partial charge in [-0.15, -0.1) is 0 Å². The van der Waals surface area contributed by atoms with Crippen molar-refractivity contribution < 1.29 is 18.8 Å². The van der Waals surface area contributed by atoms with Gasteiger partial charge in [0.15, 0.2) is 5.96 Å². The van der Waals surface area contributed by atoms with Crippen LogP contribution in [0.4, 0.5) is 5.69 Å². The van der Waals surface area contributed by atoms with Crippen LogP contribution < -0.4 is 38.8 Å². The van der Waals surface area contributed by atoms with E-state index >= 15 is 0 Å². The Labute approximate surface area is 183 Å². The molecular weight excluding hydrogens is 418 g/mol. The maximum atomic E-state index is 13.0. The van der Waals surface area contributed by atoms with Gasteiger partial charge in [0.1, 0.15) is 11.6 Å². The van der Waals surface area contributed by atoms with Gasteiger partial charge in [0.2, 0.25) is 17.7 Å². The molecule has 1 atom stereocenters. The van der Waals surface area contributed by atoms with Crippen molar-refractivity contribution in [2.45, 2.75) is 25.8 Å². The molecule has 9 N–H and O–H groups in total. The summed E-state index contributed by atoms with van der Waals surface area (Å²) in [4.78, 5) is 53.6. The van der Waals surface area contributed by atoms with Crippen LogP contribution in [0.1, 0.15) is 18.4 Å². The normalized spacial score (nSPS) is 11.6. The van der Waals surface area contributed by atoms with Gasteiger partial charge in [-0.3, -0.25) is 24.3 Å². The first kappa shape index (κ1) is 24.3. The van der Waals surface area contributed by atoms with Crippen molar-refractivity contribution in [1.29, 1.82) is 0 Å². The minimum Gasteiger partial charge on any atom is -0.423 e. The zero-order valence-electron chi connectivity index (χ0n) is 17.7. The lowest BCUT2D eigenvalue weighted by Gasteiger charge is -2.30. The van der Waals surface area contributed by atoms with Crippen molar-refractivity contribution in [3.05, 3.63) is 40.2 Å². The molecule has 0 unspecified atom stereocenters. The fourth-order valence-electron chi connectivity index (χ4n) is 3.18. The van der Waals surface area contributed by atoms with Crippen molar-refractivity contribution in [2.75, 3.05) is 24.5 Å². The third kappa shape index (κ3) is 6.28. The van der Waals surface area contributed by atoms with Crippen LogP contribution in [-0.2, 0) is 14.4 Å². The summed E-state index contributed by atoms with van der Waals surface area (Å²) in [6, 6.07) is 5.02. The molecule has 0 fully saturated rings. The highest BCUT2D eigenvalue weighted by Gasteiger charge is 2.30. The Kier molecular flexibility index (Phi) is 8.30. The number of fused-ring (bicyclic) bond motifs is 1. The molecule has 12 nitrogen and oxygen atoms in total. The minimum atomic E-state index is -1.07. The average Bonchev–Trinajstić information content (AvgIpc) is 2.72. The molecule has 0 spiro atoms. The van der Waals surface area contributed by atoms with Crippen LogP contribution in [0.25, 0.3) is 11.0 Å². The van der Waals surface area contributed by atoms with Gasteiger partial charge < -0.3 is 32.7 Å². The number of hydrogen-bond acceptors (Lipinski definition) is 7. The number of amides is 3. The summed E-state index contributed by atoms with van der Waals surface area (Å²) in [5, 5.41) is 3.05. The zero-order chi connectivity index (χ0) is 23.8. The molecule has 0 radical (unpaired) electrons. The highest BCUT2D eigenvalue weighted by molar-refractivity contribution is 6.03. The molecule has 2 aromatic rings. The quantitative estimate of drug-likeness (QED) is 0.124. The first-order valence-electron chi connectivity index (χ1n) is 9.82. The van der Waals surface area contributed by atoms with E-state index in [1.165, 1.54) is 12.1 Å². The number of aryl methyl sites for hydroxylation is 1. The van der Waals surface area contributed by atoms with Gasteiger partial charge in [-0.25, -0.2) is 4.79 Å². The lowest BCUT2D eigenvalue weighted by atomic mass is 10.1. The minimum absolute atomic E-state index is 0.0991. The van der Waals surface area contributed by atoms with E-state index in [1.807, 2.05) is 0 Å². The summed E-state index contributed by atoms with van der Waals surface area (Å²) < 4.78 is 5.25. The molecule has 12 heteroatoms. The largest absolute Gasteiger partial charge is 0.423 e. The molecule has 1 aromatic carbocycles. The van der Waals surface area contributed by atoms with Crippen LogP contribution in [0.3, 0.4) is 0 Å². The predicted molar refractivity (Wildman–Crippen MR) is 120 cm³/mol. The van der Waals surface area contributed by atoms with Crippen LogP contribution in [0, 0.1) is 6.92 Å². The van der Waals surface area contributed by atoms with Crippen LogP contribution in [-0.4, -0.2) is 49.4 Å². The van der Waals surface area contributed by atoms with Crippen molar-refractivity contribution in [2.24, 2.45) is 27.9 Å². The SMILES string of the molecule is Cc1cc(=O)oc2cc(N(C(=O)CNC(=O)CN)[C@@H](CCCN=C(N)N)C(N)=O)ccc12. The van der Waals surface area contributed by atoms with Gasteiger partial charge in [-0.2, -0.15) is 0 Å². The Morgan fingerprint density at radius 1 is 1.19 bits per heavy atom. The zero-order valence-corrected chi connectivity index (χ0v) is 17.7. The molecule has 3 amide bonds. The molecule has 0 saturated carbocycles. The van der Waals surface area contributed by atoms with Gasteiger partial charge in [-0.05, 0) is 37.5 Å². The van der Waals surface area contributed by atoms with Crippen LogP contribution in [0.5, 0.6) is 0 Å². The van der Waals surface area contributed by atoms with Crippen LogP contribution >= 0.6 is 0 Å². The van der Waals surface area contributed by atoms with Crippen LogP contribution in [0.15, 0.2) is 38.5 Å². The first-order valence-corrected chi connectivity index (χ1v) is 9.82. The Morgan fingerprint density at radius 3 is 2.53 bits per heavy atom. The number of benzene rings is 1. The molecule has 0 aliphatic heterocycles. The van der Waals surface area contributed by atoms with E-state index in [-0.39, 0.29) is 36.7 Å². The molecule has 0 saturated heterocycles. The fourth-order valence-corrected chi connectivity index (χ4v) is 3.18. The number of primary amides is 1. The van der Waals surface area contributed by atoms with E-state index in [0.29, 0.717) is 17.4 Å². The molecule has 0 bridgehead atoms. The third-order valence-corrected chi connectivity index (χ3v) is 4.67. The Morgan fingerprint density at radius 2 is 1.91 bits per heavy atom. The number of nitrogens with two attached hydrogens (primary N) is 4. The second-order valence-electron chi connectivity index (χ2n) is 7.04. The lowest BCUT2D eigenvalue weighted by Crippen LogP contribution is -2.51. The van der Waals surface area contributed by atoms with E-state index in [4.69, 9.17) is 27.4 Å². The van der Waals surface area contributed by atoms with Crippen molar-refractivity contribution in [3.8, 4) is 0 Å². The number of carbonyl (C=O) groups is 3. The Hall–Kier alpha value is -3.93.